The van der Waals surface area contributed by atoms with E-state index >= 15 is 8.78 Å². The lowest BCUT2D eigenvalue weighted by molar-refractivity contribution is 0.379. The average Bonchev–Trinajstić information content (AvgIpc) is 2.75. The second kappa shape index (κ2) is 9.20. The molecule has 0 spiro atoms. The van der Waals surface area contributed by atoms with E-state index in [4.69, 9.17) is 14.2 Å². The molecule has 33 heavy (non-hydrogen) atoms. The van der Waals surface area contributed by atoms with Gasteiger partial charge in [-0.2, -0.15) is 0 Å². The van der Waals surface area contributed by atoms with Gasteiger partial charge in [-0.05, 0) is 11.5 Å². The van der Waals surface area contributed by atoms with Gasteiger partial charge in [-0.3, -0.25) is 0 Å². The first-order valence-electron chi connectivity index (χ1n) is 9.02. The normalized spacial score (nSPS) is 10.9. The maximum absolute atomic E-state index is 15.1. The first-order chi connectivity index (χ1) is 15.6. The van der Waals surface area contributed by atoms with Crippen molar-refractivity contribution in [3.63, 3.8) is 0 Å². The molecule has 0 unspecified atom stereocenters. The van der Waals surface area contributed by atoms with E-state index in [1.807, 2.05) is 0 Å². The van der Waals surface area contributed by atoms with Crippen molar-refractivity contribution in [3.8, 4) is 17.2 Å². The fraction of sp³-hybridized carbons (Fsp3) is 0.143. The van der Waals surface area contributed by atoms with E-state index in [0.717, 1.165) is 21.3 Å². The quantitative estimate of drug-likeness (QED) is 0.311. The van der Waals surface area contributed by atoms with Gasteiger partial charge in [0, 0.05) is 29.1 Å². The van der Waals surface area contributed by atoms with Crippen LogP contribution in [0.4, 0.5) is 35.1 Å². The predicted octanol–water partition coefficient (Wildman–Crippen LogP) is 3.34. The van der Waals surface area contributed by atoms with Gasteiger partial charge in [0.15, 0.2) is 52.2 Å². The molecule has 0 atom stereocenters. The number of rotatable bonds is 6. The number of hydrogen-bond donors (Lipinski definition) is 0. The van der Waals surface area contributed by atoms with Gasteiger partial charge >= 0.3 is 0 Å². The zero-order chi connectivity index (χ0) is 24.6. The van der Waals surface area contributed by atoms with E-state index in [1.165, 1.54) is 0 Å². The summed E-state index contributed by atoms with van der Waals surface area (Å²) in [6.45, 7) is -2.30. The fourth-order valence-electron chi connectivity index (χ4n) is 3.59. The maximum Gasteiger partial charge on any atom is 0.264 e. The lowest BCUT2D eigenvalue weighted by Crippen LogP contribution is -2.56. The van der Waals surface area contributed by atoms with Crippen molar-refractivity contribution in [1.82, 2.24) is 0 Å². The molecule has 0 bridgehead atoms. The molecule has 174 valence electrons. The van der Waals surface area contributed by atoms with Crippen molar-refractivity contribution in [2.45, 2.75) is 0 Å². The van der Waals surface area contributed by atoms with Crippen molar-refractivity contribution >= 4 is 23.1 Å². The van der Waals surface area contributed by atoms with Crippen molar-refractivity contribution in [2.75, 3.05) is 21.3 Å². The molecule has 0 aromatic heterocycles. The molecule has 0 aliphatic heterocycles. The zero-order valence-corrected chi connectivity index (χ0v) is 17.1. The summed E-state index contributed by atoms with van der Waals surface area (Å²) in [6.07, 6.45) is 0. The Balaban J connectivity index is 2.62. The fourth-order valence-corrected chi connectivity index (χ4v) is 3.59. The highest BCUT2D eigenvalue weighted by Gasteiger charge is 2.40. The Labute approximate surface area is 182 Å². The maximum atomic E-state index is 15.1. The van der Waals surface area contributed by atoms with Crippen LogP contribution in [0.25, 0.3) is 0 Å². The molecule has 3 rings (SSSR count). The van der Waals surface area contributed by atoms with Gasteiger partial charge in [0.25, 0.3) is 6.71 Å². The Bertz CT molecular complexity index is 1170. The van der Waals surface area contributed by atoms with Gasteiger partial charge in [-0.1, -0.05) is 0 Å². The molecule has 0 saturated carbocycles. The molecule has 0 fully saturated rings. The summed E-state index contributed by atoms with van der Waals surface area (Å²) in [5.74, 6) is -15.7. The van der Waals surface area contributed by atoms with E-state index in [-0.39, 0.29) is 12.1 Å². The molecular formula is C21H13BF8O3. The van der Waals surface area contributed by atoms with Gasteiger partial charge in [0.2, 0.25) is 0 Å². The topological polar surface area (TPSA) is 27.7 Å². The third-order valence-corrected chi connectivity index (χ3v) is 4.86. The number of ether oxygens (including phenoxy) is 3. The largest absolute Gasteiger partial charge is 0.494 e. The summed E-state index contributed by atoms with van der Waals surface area (Å²) in [5.41, 5.74) is -3.07. The van der Waals surface area contributed by atoms with Crippen molar-refractivity contribution in [2.24, 2.45) is 0 Å². The van der Waals surface area contributed by atoms with Crippen LogP contribution in [0.5, 0.6) is 17.2 Å². The van der Waals surface area contributed by atoms with E-state index in [0.29, 0.717) is 12.1 Å². The summed E-state index contributed by atoms with van der Waals surface area (Å²) in [4.78, 5) is 0. The van der Waals surface area contributed by atoms with Crippen LogP contribution < -0.4 is 30.6 Å². The number of methoxy groups -OCH3 is 3. The number of halogens is 8. The number of benzene rings is 3. The highest BCUT2D eigenvalue weighted by molar-refractivity contribution is 6.97. The first-order valence-corrected chi connectivity index (χ1v) is 9.02. The molecule has 12 heteroatoms. The molecule has 3 nitrogen and oxygen atoms in total. The van der Waals surface area contributed by atoms with Gasteiger partial charge < -0.3 is 14.2 Å². The smallest absolute Gasteiger partial charge is 0.264 e. The van der Waals surface area contributed by atoms with Gasteiger partial charge in [-0.25, -0.2) is 35.1 Å². The highest BCUT2D eigenvalue weighted by atomic mass is 19.2. The molecule has 0 heterocycles. The lowest BCUT2D eigenvalue weighted by atomic mass is 9.35. The van der Waals surface area contributed by atoms with Crippen molar-refractivity contribution < 1.29 is 49.3 Å². The zero-order valence-electron chi connectivity index (χ0n) is 17.1. The Kier molecular flexibility index (Phi) is 6.75. The molecule has 0 N–H and O–H groups in total. The monoisotopic (exact) mass is 476 g/mol. The van der Waals surface area contributed by atoms with Gasteiger partial charge in [0.1, 0.15) is 11.6 Å². The Morgan fingerprint density at radius 2 is 0.909 bits per heavy atom. The highest BCUT2D eigenvalue weighted by Crippen LogP contribution is 2.26. The molecule has 0 aliphatic rings. The van der Waals surface area contributed by atoms with Crippen LogP contribution in [-0.4, -0.2) is 28.0 Å². The lowest BCUT2D eigenvalue weighted by Gasteiger charge is -2.24. The molecule has 0 radical (unpaired) electrons. The van der Waals surface area contributed by atoms with Gasteiger partial charge in [0.05, 0.1) is 21.3 Å². The third kappa shape index (κ3) is 4.05. The second-order valence-electron chi connectivity index (χ2n) is 6.65. The summed E-state index contributed by atoms with van der Waals surface area (Å²) in [6, 6.07) is 1.10. The van der Waals surface area contributed by atoms with Crippen LogP contribution in [0.2, 0.25) is 0 Å². The molecule has 3 aromatic rings. The molecule has 3 aromatic carbocycles. The summed E-state index contributed by atoms with van der Waals surface area (Å²) in [7, 11) is 2.61. The standard InChI is InChI=1S/C21H13BF8O3/c1-31-19-9(4-8(23)5-12(19)26)22(15-17(29)10(24)6-13(27)20(15)32-2)16-18(30)11(25)7-14(28)21(16)33-3/h4-7H,1-3H3. The summed E-state index contributed by atoms with van der Waals surface area (Å²) in [5, 5.41) is 0. The molecule has 0 amide bonds. The van der Waals surface area contributed by atoms with Crippen LogP contribution in [0.1, 0.15) is 0 Å². The Morgan fingerprint density at radius 3 is 1.30 bits per heavy atom. The Hall–Kier alpha value is -3.44. The third-order valence-electron chi connectivity index (χ3n) is 4.86. The van der Waals surface area contributed by atoms with E-state index < -0.39 is 86.9 Å². The average molecular weight is 476 g/mol. The van der Waals surface area contributed by atoms with E-state index in [1.54, 1.807) is 0 Å². The van der Waals surface area contributed by atoms with Crippen LogP contribution in [-0.2, 0) is 0 Å². The van der Waals surface area contributed by atoms with Crippen molar-refractivity contribution in [1.29, 1.82) is 0 Å². The first kappa shape index (κ1) is 24.2. The Morgan fingerprint density at radius 1 is 0.515 bits per heavy atom. The molecule has 0 saturated heterocycles. The van der Waals surface area contributed by atoms with Crippen LogP contribution in [0, 0.1) is 46.5 Å². The number of hydrogen-bond acceptors (Lipinski definition) is 3. The molecular weight excluding hydrogens is 463 g/mol. The van der Waals surface area contributed by atoms with Crippen LogP contribution in [0.15, 0.2) is 24.3 Å². The minimum absolute atomic E-state index is 0.109. The van der Waals surface area contributed by atoms with Crippen LogP contribution in [0.3, 0.4) is 0 Å². The SMILES string of the molecule is COc1c(F)cc(F)cc1B(c1c(F)c(F)cc(F)c1OC)c1c(F)c(F)cc(F)c1OC. The molecule has 0 aliphatic carbocycles. The van der Waals surface area contributed by atoms with E-state index in [9.17, 15) is 26.3 Å². The minimum Gasteiger partial charge on any atom is -0.494 e. The summed E-state index contributed by atoms with van der Waals surface area (Å²) >= 11 is 0. The second-order valence-corrected chi connectivity index (χ2v) is 6.65. The summed E-state index contributed by atoms with van der Waals surface area (Å²) < 4.78 is 131. The van der Waals surface area contributed by atoms with Crippen molar-refractivity contribution in [3.05, 3.63) is 70.8 Å². The minimum atomic E-state index is -2.30. The van der Waals surface area contributed by atoms with E-state index in [2.05, 4.69) is 0 Å². The van der Waals surface area contributed by atoms with Crippen LogP contribution >= 0.6 is 0 Å². The van der Waals surface area contributed by atoms with Gasteiger partial charge in [-0.15, -0.1) is 0 Å². The predicted molar refractivity (Wildman–Crippen MR) is 103 cm³/mol.